The first kappa shape index (κ1) is 22.1. The lowest BCUT2D eigenvalue weighted by atomic mass is 9.78. The maximum atomic E-state index is 11.5. The van der Waals surface area contributed by atoms with E-state index in [1.54, 1.807) is 0 Å². The van der Waals surface area contributed by atoms with Gasteiger partial charge in [-0.1, -0.05) is 5.11 Å². The average molecular weight is 378 g/mol. The third-order valence-electron chi connectivity index (χ3n) is 4.15. The fourth-order valence-corrected chi connectivity index (χ4v) is 2.87. The molecular weight excluding hydrogens is 356 g/mol. The Morgan fingerprint density at radius 1 is 1.42 bits per heavy atom. The molecule has 13 nitrogen and oxygen atoms in total. The van der Waals surface area contributed by atoms with Crippen LogP contribution < -0.4 is 5.32 Å². The minimum absolute atomic E-state index is 0.281. The van der Waals surface area contributed by atoms with Crippen LogP contribution in [-0.2, 0) is 14.3 Å². The van der Waals surface area contributed by atoms with Crippen LogP contribution in [0.3, 0.4) is 0 Å². The molecule has 7 atom stereocenters. The Morgan fingerprint density at radius 2 is 2.04 bits per heavy atom. The van der Waals surface area contributed by atoms with Gasteiger partial charge >= 0.3 is 5.97 Å². The number of azide groups is 1. The summed E-state index contributed by atoms with van der Waals surface area (Å²) >= 11 is 0. The number of hydrogen-bond donors (Lipinski definition) is 7. The molecule has 1 heterocycles. The van der Waals surface area contributed by atoms with Gasteiger partial charge in [0.05, 0.1) is 24.7 Å². The predicted octanol–water partition coefficient (Wildman–Crippen LogP) is -2.95. The molecule has 0 radical (unpaired) electrons. The largest absolute Gasteiger partial charge is 0.477 e. The number of aliphatic hydroxyl groups is 5. The van der Waals surface area contributed by atoms with Crippen molar-refractivity contribution >= 4 is 11.9 Å². The molecule has 1 rings (SSSR count). The summed E-state index contributed by atoms with van der Waals surface area (Å²) in [5.41, 5.74) is 8.32. The number of aliphatic hydroxyl groups excluding tert-OH is 4. The van der Waals surface area contributed by atoms with E-state index < -0.39 is 60.6 Å². The van der Waals surface area contributed by atoms with E-state index >= 15 is 0 Å². The van der Waals surface area contributed by atoms with Gasteiger partial charge in [-0.25, -0.2) is 4.79 Å². The predicted molar refractivity (Wildman–Crippen MR) is 82.3 cm³/mol. The molecule has 0 saturated carbocycles. The van der Waals surface area contributed by atoms with E-state index in [0.29, 0.717) is 0 Å². The number of nitrogens with one attached hydrogen (secondary N) is 1. The van der Waals surface area contributed by atoms with Crippen LogP contribution >= 0.6 is 0 Å². The van der Waals surface area contributed by atoms with Gasteiger partial charge in [0.1, 0.15) is 18.3 Å². The molecule has 1 amide bonds. The third kappa shape index (κ3) is 4.59. The summed E-state index contributed by atoms with van der Waals surface area (Å²) < 4.78 is 5.07. The first-order valence-corrected chi connectivity index (χ1v) is 7.66. The number of carbonyl (C=O) groups excluding carboxylic acids is 1. The molecule has 0 aromatic rings. The molecule has 0 bridgehead atoms. The van der Waals surface area contributed by atoms with Crippen LogP contribution in [0.2, 0.25) is 0 Å². The zero-order chi connectivity index (χ0) is 20.1. The molecular formula is C13H22N4O9. The second-order valence-electron chi connectivity index (χ2n) is 5.89. The van der Waals surface area contributed by atoms with Crippen molar-refractivity contribution in [3.8, 4) is 0 Å². The Kier molecular flexibility index (Phi) is 7.71. The van der Waals surface area contributed by atoms with E-state index in [1.165, 1.54) is 0 Å². The number of aliphatic carboxylic acids is 1. The van der Waals surface area contributed by atoms with Gasteiger partial charge in [0.25, 0.3) is 5.79 Å². The molecule has 148 valence electrons. The molecule has 0 spiro atoms. The summed E-state index contributed by atoms with van der Waals surface area (Å²) in [6.07, 6.45) is -7.53. The molecule has 0 aromatic carbocycles. The van der Waals surface area contributed by atoms with Crippen LogP contribution in [0.1, 0.15) is 13.3 Å². The van der Waals surface area contributed by atoms with Crippen LogP contribution in [0.25, 0.3) is 10.4 Å². The summed E-state index contributed by atoms with van der Waals surface area (Å²) in [6, 6.07) is -1.42. The Bertz CT molecular complexity index is 570. The zero-order valence-electron chi connectivity index (χ0n) is 13.8. The summed E-state index contributed by atoms with van der Waals surface area (Å²) in [7, 11) is 0. The molecule has 1 saturated heterocycles. The highest BCUT2D eigenvalue weighted by Crippen LogP contribution is 2.37. The quantitative estimate of drug-likeness (QED) is 0.130. The monoisotopic (exact) mass is 378 g/mol. The topological polar surface area (TPSA) is 226 Å². The number of hydrogen-bond acceptors (Lipinski definition) is 9. The lowest BCUT2D eigenvalue weighted by Crippen LogP contribution is -2.71. The lowest BCUT2D eigenvalue weighted by Gasteiger charge is -2.49. The van der Waals surface area contributed by atoms with Crippen molar-refractivity contribution in [2.75, 3.05) is 13.2 Å². The van der Waals surface area contributed by atoms with E-state index in [1.807, 2.05) is 0 Å². The smallest absolute Gasteiger partial charge is 0.364 e. The SMILES string of the molecule is CC(=O)N[C@H]1[C@H]([C@H](O)[C@H](O)CO)OC(O)(C(=O)O)C(CCN=[N+]=[N-])[C@@H]1O. The fourth-order valence-electron chi connectivity index (χ4n) is 2.87. The van der Waals surface area contributed by atoms with E-state index in [-0.39, 0.29) is 13.0 Å². The fraction of sp³-hybridized carbons (Fsp3) is 0.846. The number of nitrogens with zero attached hydrogens (tertiary/aromatic N) is 3. The Labute approximate surface area is 147 Å². The standard InChI is InChI=1S/C13H22N4O9/c1-5(19)16-8-9(21)6(2-3-15-17-14)13(25,12(23)24)26-11(8)10(22)7(20)4-18/h6-11,18,20-22,25H,2-4H2,1H3,(H,16,19)(H,23,24)/t6?,7-,8-,9+,10-,11-,13?/m1/s1. The van der Waals surface area contributed by atoms with Crippen LogP contribution in [0.15, 0.2) is 5.11 Å². The second kappa shape index (κ2) is 9.09. The number of amides is 1. The summed E-state index contributed by atoms with van der Waals surface area (Å²) in [5, 5.41) is 64.4. The maximum Gasteiger partial charge on any atom is 0.364 e. The molecule has 2 unspecified atom stereocenters. The number of carboxylic acid groups (broad SMARTS) is 1. The molecule has 13 heteroatoms. The van der Waals surface area contributed by atoms with Crippen molar-refractivity contribution in [1.29, 1.82) is 0 Å². The third-order valence-corrected chi connectivity index (χ3v) is 4.15. The van der Waals surface area contributed by atoms with Gasteiger partial charge < -0.3 is 40.7 Å². The molecule has 0 aromatic heterocycles. The van der Waals surface area contributed by atoms with Gasteiger partial charge in [-0.3, -0.25) is 4.79 Å². The number of ether oxygens (including phenoxy) is 1. The summed E-state index contributed by atoms with van der Waals surface area (Å²) in [5.74, 6) is -7.08. The van der Waals surface area contributed by atoms with Crippen LogP contribution in [-0.4, -0.2) is 91.9 Å². The minimum Gasteiger partial charge on any atom is -0.477 e. The first-order valence-electron chi connectivity index (χ1n) is 7.66. The van der Waals surface area contributed by atoms with E-state index in [4.69, 9.17) is 15.4 Å². The average Bonchev–Trinajstić information content (AvgIpc) is 2.58. The second-order valence-corrected chi connectivity index (χ2v) is 5.89. The van der Waals surface area contributed by atoms with Gasteiger partial charge in [-0.2, -0.15) is 0 Å². The molecule has 0 aliphatic carbocycles. The van der Waals surface area contributed by atoms with E-state index in [9.17, 15) is 35.1 Å². The van der Waals surface area contributed by atoms with Gasteiger partial charge in [0.2, 0.25) is 5.91 Å². The van der Waals surface area contributed by atoms with Crippen LogP contribution in [0, 0.1) is 5.92 Å². The summed E-state index contributed by atoms with van der Waals surface area (Å²) in [6.45, 7) is -0.113. The molecule has 26 heavy (non-hydrogen) atoms. The van der Waals surface area contributed by atoms with Crippen molar-refractivity contribution in [3.63, 3.8) is 0 Å². The van der Waals surface area contributed by atoms with E-state index in [2.05, 4.69) is 15.3 Å². The highest BCUT2D eigenvalue weighted by Gasteiger charge is 2.59. The molecule has 1 fully saturated rings. The normalized spacial score (nSPS) is 33.6. The highest BCUT2D eigenvalue weighted by atomic mass is 16.7. The maximum absolute atomic E-state index is 11.5. The van der Waals surface area contributed by atoms with Crippen molar-refractivity contribution in [1.82, 2.24) is 5.32 Å². The van der Waals surface area contributed by atoms with E-state index in [0.717, 1.165) is 6.92 Å². The Balaban J connectivity index is 3.29. The summed E-state index contributed by atoms with van der Waals surface area (Å²) in [4.78, 5) is 25.4. The highest BCUT2D eigenvalue weighted by molar-refractivity contribution is 5.76. The number of carboxylic acids is 1. The van der Waals surface area contributed by atoms with Crippen molar-refractivity contribution in [2.24, 2.45) is 11.0 Å². The molecule has 1 aliphatic rings. The van der Waals surface area contributed by atoms with Crippen molar-refractivity contribution < 1.29 is 45.0 Å². The van der Waals surface area contributed by atoms with Crippen LogP contribution in [0.5, 0.6) is 0 Å². The van der Waals surface area contributed by atoms with Gasteiger partial charge in [-0.05, 0) is 12.0 Å². The molecule has 7 N–H and O–H groups in total. The van der Waals surface area contributed by atoms with Crippen LogP contribution in [0.4, 0.5) is 0 Å². The van der Waals surface area contributed by atoms with Gasteiger partial charge in [0, 0.05) is 18.4 Å². The first-order chi connectivity index (χ1) is 12.1. The lowest BCUT2D eigenvalue weighted by molar-refractivity contribution is -0.320. The Hall–Kier alpha value is -1.99. The molecule has 1 aliphatic heterocycles. The number of rotatable bonds is 8. The Morgan fingerprint density at radius 3 is 2.50 bits per heavy atom. The van der Waals surface area contributed by atoms with Crippen molar-refractivity contribution in [3.05, 3.63) is 10.4 Å². The van der Waals surface area contributed by atoms with Crippen molar-refractivity contribution in [2.45, 2.75) is 49.6 Å². The zero-order valence-corrected chi connectivity index (χ0v) is 13.8. The van der Waals surface area contributed by atoms with Gasteiger partial charge in [-0.15, -0.1) is 0 Å². The minimum atomic E-state index is -3.00. The van der Waals surface area contributed by atoms with Gasteiger partial charge in [0.15, 0.2) is 0 Å². The number of carbonyl (C=O) groups is 2.